The predicted octanol–water partition coefficient (Wildman–Crippen LogP) is 3.71. The SMILES string of the molecule is CC(Oc1ccc(O[C@@H]2CCN(c3cc(F)c4c(c3)C(=O)CC4)C2=O)cn1)C1CC1. The maximum atomic E-state index is 14.4. The van der Waals surface area contributed by atoms with Crippen LogP contribution in [0.15, 0.2) is 30.5 Å². The van der Waals surface area contributed by atoms with Gasteiger partial charge in [-0.3, -0.25) is 9.59 Å². The Morgan fingerprint density at radius 1 is 1.17 bits per heavy atom. The van der Waals surface area contributed by atoms with Gasteiger partial charge in [0.15, 0.2) is 11.9 Å². The average molecular weight is 410 g/mol. The molecule has 1 aromatic carbocycles. The highest BCUT2D eigenvalue weighted by atomic mass is 19.1. The lowest BCUT2D eigenvalue weighted by Crippen LogP contribution is -2.32. The minimum Gasteiger partial charge on any atom is -0.479 e. The molecular formula is C23H23FN2O4. The molecule has 0 N–H and O–H groups in total. The van der Waals surface area contributed by atoms with Crippen LogP contribution in [-0.4, -0.2) is 35.4 Å². The summed E-state index contributed by atoms with van der Waals surface area (Å²) in [7, 11) is 0. The van der Waals surface area contributed by atoms with Crippen LogP contribution < -0.4 is 14.4 Å². The molecule has 7 heteroatoms. The van der Waals surface area contributed by atoms with Crippen molar-refractivity contribution >= 4 is 17.4 Å². The third-order valence-corrected chi connectivity index (χ3v) is 6.13. The second-order valence-electron chi connectivity index (χ2n) is 8.25. The van der Waals surface area contributed by atoms with Crippen LogP contribution in [0.4, 0.5) is 10.1 Å². The van der Waals surface area contributed by atoms with Gasteiger partial charge in [0.25, 0.3) is 5.91 Å². The molecule has 156 valence electrons. The first-order valence-electron chi connectivity index (χ1n) is 10.5. The Morgan fingerprint density at radius 3 is 2.73 bits per heavy atom. The maximum absolute atomic E-state index is 14.4. The van der Waals surface area contributed by atoms with E-state index < -0.39 is 11.9 Å². The summed E-state index contributed by atoms with van der Waals surface area (Å²) in [5, 5.41) is 0. The van der Waals surface area contributed by atoms with E-state index >= 15 is 0 Å². The fraction of sp³-hybridized carbons (Fsp3) is 0.435. The number of pyridine rings is 1. The first kappa shape index (κ1) is 19.0. The van der Waals surface area contributed by atoms with Gasteiger partial charge in [0.1, 0.15) is 17.7 Å². The summed E-state index contributed by atoms with van der Waals surface area (Å²) in [6.07, 6.45) is 4.65. The predicted molar refractivity (Wildman–Crippen MR) is 107 cm³/mol. The number of fused-ring (bicyclic) bond motifs is 1. The van der Waals surface area contributed by atoms with Crippen LogP contribution >= 0.6 is 0 Å². The van der Waals surface area contributed by atoms with Crippen LogP contribution in [0.25, 0.3) is 0 Å². The van der Waals surface area contributed by atoms with E-state index in [9.17, 15) is 14.0 Å². The molecule has 6 nitrogen and oxygen atoms in total. The molecule has 1 saturated heterocycles. The standard InChI is InChI=1S/C23H23FN2O4/c1-13(14-2-3-14)29-22-7-4-16(12-25-22)30-21-8-9-26(23(21)28)15-10-18-17(19(24)11-15)5-6-20(18)27/h4,7,10-14,21H,2-3,5-6,8-9H2,1H3/t13?,21-/m1/s1. The van der Waals surface area contributed by atoms with Gasteiger partial charge < -0.3 is 14.4 Å². The lowest BCUT2D eigenvalue weighted by Gasteiger charge is -2.18. The summed E-state index contributed by atoms with van der Waals surface area (Å²) in [5.41, 5.74) is 1.25. The van der Waals surface area contributed by atoms with Gasteiger partial charge in [-0.05, 0) is 55.9 Å². The van der Waals surface area contributed by atoms with E-state index in [1.165, 1.54) is 23.8 Å². The molecule has 0 bridgehead atoms. The van der Waals surface area contributed by atoms with Crippen molar-refractivity contribution < 1.29 is 23.5 Å². The number of rotatable bonds is 6. The number of nitrogens with zero attached hydrogens (tertiary/aromatic N) is 2. The molecule has 2 atom stereocenters. The first-order valence-corrected chi connectivity index (χ1v) is 10.5. The number of amides is 1. The number of ketones is 1. The van der Waals surface area contributed by atoms with Gasteiger partial charge in [-0.25, -0.2) is 9.37 Å². The molecule has 1 unspecified atom stereocenters. The van der Waals surface area contributed by atoms with Crippen molar-refractivity contribution in [1.82, 2.24) is 4.98 Å². The van der Waals surface area contributed by atoms with Gasteiger partial charge in [0.2, 0.25) is 5.88 Å². The molecule has 1 amide bonds. The molecule has 2 heterocycles. The monoisotopic (exact) mass is 410 g/mol. The van der Waals surface area contributed by atoms with E-state index in [1.807, 2.05) is 6.92 Å². The van der Waals surface area contributed by atoms with E-state index in [4.69, 9.17) is 9.47 Å². The Balaban J connectivity index is 1.26. The summed E-state index contributed by atoms with van der Waals surface area (Å²) < 4.78 is 26.0. The third-order valence-electron chi connectivity index (χ3n) is 6.13. The highest BCUT2D eigenvalue weighted by molar-refractivity contribution is 6.04. The van der Waals surface area contributed by atoms with Gasteiger partial charge in [0.05, 0.1) is 6.20 Å². The number of aromatic nitrogens is 1. The van der Waals surface area contributed by atoms with Gasteiger partial charge in [-0.2, -0.15) is 0 Å². The summed E-state index contributed by atoms with van der Waals surface area (Å²) in [6.45, 7) is 2.45. The number of benzene rings is 1. The average Bonchev–Trinajstić information content (AvgIpc) is 3.44. The lowest BCUT2D eigenvalue weighted by molar-refractivity contribution is -0.122. The van der Waals surface area contributed by atoms with Gasteiger partial charge >= 0.3 is 0 Å². The Hall–Kier alpha value is -2.96. The molecule has 1 aliphatic heterocycles. The zero-order valence-corrected chi connectivity index (χ0v) is 16.8. The number of carbonyl (C=O) groups excluding carboxylic acids is 2. The number of hydrogen-bond acceptors (Lipinski definition) is 5. The molecule has 2 aliphatic carbocycles. The fourth-order valence-corrected chi connectivity index (χ4v) is 4.20. The highest BCUT2D eigenvalue weighted by Crippen LogP contribution is 2.35. The molecule has 2 aromatic rings. The number of halogens is 1. The molecule has 2 fully saturated rings. The molecule has 0 spiro atoms. The molecule has 3 aliphatic rings. The number of carbonyl (C=O) groups is 2. The van der Waals surface area contributed by atoms with Gasteiger partial charge in [-0.1, -0.05) is 0 Å². The Kier molecular flexibility index (Phi) is 4.68. The molecule has 30 heavy (non-hydrogen) atoms. The second kappa shape index (κ2) is 7.38. The first-order chi connectivity index (χ1) is 14.5. The number of hydrogen-bond donors (Lipinski definition) is 0. The van der Waals surface area contributed by atoms with E-state index in [1.54, 1.807) is 24.4 Å². The second-order valence-corrected chi connectivity index (χ2v) is 8.25. The maximum Gasteiger partial charge on any atom is 0.268 e. The summed E-state index contributed by atoms with van der Waals surface area (Å²) in [6, 6.07) is 6.45. The van der Waals surface area contributed by atoms with Gasteiger partial charge in [-0.15, -0.1) is 0 Å². The quantitative estimate of drug-likeness (QED) is 0.726. The normalized spacial score (nSPS) is 21.7. The van der Waals surface area contributed by atoms with Crippen LogP contribution in [0, 0.1) is 11.7 Å². The van der Waals surface area contributed by atoms with Crippen molar-refractivity contribution in [3.8, 4) is 11.6 Å². The molecule has 5 rings (SSSR count). The Morgan fingerprint density at radius 2 is 2.00 bits per heavy atom. The zero-order chi connectivity index (χ0) is 20.8. The topological polar surface area (TPSA) is 68.7 Å². The van der Waals surface area contributed by atoms with Crippen LogP contribution in [0.5, 0.6) is 11.6 Å². The summed E-state index contributed by atoms with van der Waals surface area (Å²) in [5.74, 6) is 0.892. The number of Topliss-reactive ketones (excluding diaryl/α,β-unsaturated/α-hetero) is 1. The molecule has 1 aromatic heterocycles. The van der Waals surface area contributed by atoms with Crippen molar-refractivity contribution in [1.29, 1.82) is 0 Å². The minimum absolute atomic E-state index is 0.0745. The number of ether oxygens (including phenoxy) is 2. The fourth-order valence-electron chi connectivity index (χ4n) is 4.20. The van der Waals surface area contributed by atoms with Crippen molar-refractivity contribution in [3.63, 3.8) is 0 Å². The molecule has 1 saturated carbocycles. The summed E-state index contributed by atoms with van der Waals surface area (Å²) >= 11 is 0. The number of anilines is 1. The van der Waals surface area contributed by atoms with Crippen LogP contribution in [0.2, 0.25) is 0 Å². The van der Waals surface area contributed by atoms with Crippen LogP contribution in [-0.2, 0) is 11.2 Å². The molecule has 0 radical (unpaired) electrons. The van der Waals surface area contributed by atoms with Crippen molar-refractivity contribution in [2.24, 2.45) is 5.92 Å². The smallest absolute Gasteiger partial charge is 0.268 e. The Labute approximate surface area is 174 Å². The largest absolute Gasteiger partial charge is 0.479 e. The van der Waals surface area contributed by atoms with E-state index in [0.717, 1.165) is 0 Å². The lowest BCUT2D eigenvalue weighted by atomic mass is 10.1. The third kappa shape index (κ3) is 3.53. The van der Waals surface area contributed by atoms with Gasteiger partial charge in [0, 0.05) is 36.7 Å². The van der Waals surface area contributed by atoms with Crippen molar-refractivity contribution in [2.75, 3.05) is 11.4 Å². The van der Waals surface area contributed by atoms with E-state index in [2.05, 4.69) is 4.98 Å². The van der Waals surface area contributed by atoms with Crippen LogP contribution in [0.3, 0.4) is 0 Å². The Bertz CT molecular complexity index is 1000. The van der Waals surface area contributed by atoms with E-state index in [0.29, 0.717) is 60.2 Å². The minimum atomic E-state index is -0.670. The van der Waals surface area contributed by atoms with Crippen molar-refractivity contribution in [3.05, 3.63) is 47.4 Å². The van der Waals surface area contributed by atoms with Crippen LogP contribution in [0.1, 0.15) is 48.5 Å². The summed E-state index contributed by atoms with van der Waals surface area (Å²) in [4.78, 5) is 30.6. The molecular weight excluding hydrogens is 387 g/mol. The highest BCUT2D eigenvalue weighted by Gasteiger charge is 2.36. The van der Waals surface area contributed by atoms with E-state index in [-0.39, 0.29) is 17.8 Å². The zero-order valence-electron chi connectivity index (χ0n) is 16.8. The van der Waals surface area contributed by atoms with Crippen molar-refractivity contribution in [2.45, 2.75) is 51.2 Å².